The largest absolute Gasteiger partial charge is 0.494 e. The van der Waals surface area contributed by atoms with Crippen molar-refractivity contribution in [2.24, 2.45) is 0 Å². The molecule has 0 aliphatic carbocycles. The first-order chi connectivity index (χ1) is 14.5. The molecule has 0 saturated carbocycles. The summed E-state index contributed by atoms with van der Waals surface area (Å²) in [5.41, 5.74) is 1.79. The second-order valence-electron chi connectivity index (χ2n) is 8.83. The van der Waals surface area contributed by atoms with Crippen molar-refractivity contribution in [1.82, 2.24) is 10.2 Å². The third-order valence-electron chi connectivity index (χ3n) is 4.76. The minimum atomic E-state index is -0.576. The fourth-order valence-corrected chi connectivity index (χ4v) is 3.30. The van der Waals surface area contributed by atoms with E-state index in [-0.39, 0.29) is 17.4 Å². The number of rotatable bonds is 9. The predicted molar refractivity (Wildman–Crippen MR) is 128 cm³/mol. The lowest BCUT2D eigenvalue weighted by molar-refractivity contribution is -0.141. The molecule has 0 saturated heterocycles. The lowest BCUT2D eigenvalue weighted by Crippen LogP contribution is -2.52. The molecule has 0 heterocycles. The number of carbonyl (C=O) groups excluding carboxylic acids is 2. The van der Waals surface area contributed by atoms with E-state index < -0.39 is 6.04 Å². The van der Waals surface area contributed by atoms with Crippen LogP contribution in [0.5, 0.6) is 5.75 Å². The molecule has 0 radical (unpaired) electrons. The Balaban J connectivity index is 2.01. The molecule has 0 bridgehead atoms. The van der Waals surface area contributed by atoms with Crippen LogP contribution in [0.4, 0.5) is 0 Å². The van der Waals surface area contributed by atoms with Gasteiger partial charge in [-0.1, -0.05) is 45.8 Å². The van der Waals surface area contributed by atoms with Crippen LogP contribution in [0.15, 0.2) is 53.0 Å². The van der Waals surface area contributed by atoms with Crippen LogP contribution >= 0.6 is 15.9 Å². The van der Waals surface area contributed by atoms with E-state index in [1.807, 2.05) is 76.2 Å². The molecule has 0 fully saturated rings. The van der Waals surface area contributed by atoms with Crippen LogP contribution < -0.4 is 10.1 Å². The molecule has 1 atom stereocenters. The SMILES string of the molecule is Cc1ccc(OCCCC(=O)N(Cc2ccc(Br)cc2)[C@H](C)C(=O)NC(C)(C)C)cc1. The van der Waals surface area contributed by atoms with Crippen molar-refractivity contribution >= 4 is 27.7 Å². The summed E-state index contributed by atoms with van der Waals surface area (Å²) in [7, 11) is 0. The summed E-state index contributed by atoms with van der Waals surface area (Å²) in [4.78, 5) is 27.5. The number of carbonyl (C=O) groups is 2. The predicted octanol–water partition coefficient (Wildman–Crippen LogP) is 5.25. The number of hydrogen-bond donors (Lipinski definition) is 1. The highest BCUT2D eigenvalue weighted by atomic mass is 79.9. The van der Waals surface area contributed by atoms with E-state index in [0.717, 1.165) is 15.8 Å². The van der Waals surface area contributed by atoms with Crippen LogP contribution in [-0.2, 0) is 16.1 Å². The van der Waals surface area contributed by atoms with Gasteiger partial charge in [0.05, 0.1) is 6.61 Å². The molecule has 2 rings (SSSR count). The zero-order chi connectivity index (χ0) is 23.0. The van der Waals surface area contributed by atoms with Crippen molar-refractivity contribution in [3.05, 3.63) is 64.1 Å². The molecule has 0 spiro atoms. The first-order valence-electron chi connectivity index (χ1n) is 10.6. The second kappa shape index (κ2) is 11.3. The molecular formula is C25H33BrN2O3. The molecule has 0 aliphatic rings. The minimum Gasteiger partial charge on any atom is -0.494 e. The summed E-state index contributed by atoms with van der Waals surface area (Å²) in [5.74, 6) is 0.573. The minimum absolute atomic E-state index is 0.0630. The smallest absolute Gasteiger partial charge is 0.242 e. The highest BCUT2D eigenvalue weighted by Gasteiger charge is 2.28. The van der Waals surface area contributed by atoms with Crippen molar-refractivity contribution in [1.29, 1.82) is 0 Å². The van der Waals surface area contributed by atoms with Gasteiger partial charge < -0.3 is 15.0 Å². The van der Waals surface area contributed by atoms with Crippen molar-refractivity contribution in [3.8, 4) is 5.75 Å². The summed E-state index contributed by atoms with van der Waals surface area (Å²) in [6.45, 7) is 10.4. The van der Waals surface area contributed by atoms with E-state index in [1.54, 1.807) is 11.8 Å². The highest BCUT2D eigenvalue weighted by Crippen LogP contribution is 2.17. The third-order valence-corrected chi connectivity index (χ3v) is 5.29. The zero-order valence-electron chi connectivity index (χ0n) is 19.1. The Morgan fingerprint density at radius 2 is 1.68 bits per heavy atom. The molecule has 1 N–H and O–H groups in total. The standard InChI is InChI=1S/C25H33BrN2O3/c1-18-8-14-22(15-9-18)31-16-6-7-23(29)28(17-20-10-12-21(26)13-11-20)19(2)24(30)27-25(3,4)5/h8-15,19H,6-7,16-17H2,1-5H3,(H,27,30)/t19-/m1/s1. The Bertz CT molecular complexity index is 858. The number of hydrogen-bond acceptors (Lipinski definition) is 3. The van der Waals surface area contributed by atoms with Crippen molar-refractivity contribution in [3.63, 3.8) is 0 Å². The molecule has 0 aliphatic heterocycles. The average molecular weight is 489 g/mol. The molecular weight excluding hydrogens is 456 g/mol. The molecule has 31 heavy (non-hydrogen) atoms. The number of nitrogens with one attached hydrogen (secondary N) is 1. The first kappa shape index (κ1) is 24.9. The van der Waals surface area contributed by atoms with E-state index in [9.17, 15) is 9.59 Å². The van der Waals surface area contributed by atoms with Gasteiger partial charge in [-0.2, -0.15) is 0 Å². The van der Waals surface area contributed by atoms with Gasteiger partial charge in [0.15, 0.2) is 0 Å². The molecule has 168 valence electrons. The Labute approximate surface area is 194 Å². The molecule has 6 heteroatoms. The van der Waals surface area contributed by atoms with Gasteiger partial charge >= 0.3 is 0 Å². The van der Waals surface area contributed by atoms with E-state index in [0.29, 0.717) is 26.0 Å². The lowest BCUT2D eigenvalue weighted by Gasteiger charge is -2.31. The van der Waals surface area contributed by atoms with Gasteiger partial charge in [-0.15, -0.1) is 0 Å². The Morgan fingerprint density at radius 3 is 2.26 bits per heavy atom. The number of ether oxygens (including phenoxy) is 1. The summed E-state index contributed by atoms with van der Waals surface area (Å²) in [6.07, 6.45) is 0.896. The number of halogens is 1. The normalized spacial score (nSPS) is 12.2. The van der Waals surface area contributed by atoms with E-state index >= 15 is 0 Å². The first-order valence-corrected chi connectivity index (χ1v) is 11.4. The van der Waals surface area contributed by atoms with Gasteiger partial charge in [0.2, 0.25) is 11.8 Å². The van der Waals surface area contributed by atoms with Gasteiger partial charge in [0.25, 0.3) is 0 Å². The van der Waals surface area contributed by atoms with Crippen LogP contribution in [0.1, 0.15) is 51.7 Å². The van der Waals surface area contributed by atoms with Crippen molar-refractivity contribution in [2.75, 3.05) is 6.61 Å². The van der Waals surface area contributed by atoms with E-state index in [4.69, 9.17) is 4.74 Å². The molecule has 5 nitrogen and oxygen atoms in total. The van der Waals surface area contributed by atoms with E-state index in [2.05, 4.69) is 21.2 Å². The Hall–Kier alpha value is -2.34. The zero-order valence-corrected chi connectivity index (χ0v) is 20.7. The van der Waals surface area contributed by atoms with Gasteiger partial charge in [-0.3, -0.25) is 9.59 Å². The maximum atomic E-state index is 13.1. The summed E-state index contributed by atoms with van der Waals surface area (Å²) in [6, 6.07) is 15.1. The fraction of sp³-hybridized carbons (Fsp3) is 0.440. The quantitative estimate of drug-likeness (QED) is 0.490. The maximum Gasteiger partial charge on any atom is 0.242 e. The van der Waals surface area contributed by atoms with Gasteiger partial charge in [-0.05, 0) is 70.9 Å². The molecule has 0 unspecified atom stereocenters. The number of benzene rings is 2. The Morgan fingerprint density at radius 1 is 1.06 bits per heavy atom. The fourth-order valence-electron chi connectivity index (χ4n) is 3.03. The van der Waals surface area contributed by atoms with Gasteiger partial charge in [0, 0.05) is 23.0 Å². The molecule has 2 aromatic carbocycles. The summed E-state index contributed by atoms with van der Waals surface area (Å²) in [5, 5.41) is 2.98. The number of aryl methyl sites for hydroxylation is 1. The lowest BCUT2D eigenvalue weighted by atomic mass is 10.1. The molecule has 2 aromatic rings. The summed E-state index contributed by atoms with van der Waals surface area (Å²) >= 11 is 3.43. The number of amides is 2. The van der Waals surface area contributed by atoms with Crippen molar-refractivity contribution < 1.29 is 14.3 Å². The van der Waals surface area contributed by atoms with Crippen LogP contribution in [0.3, 0.4) is 0 Å². The van der Waals surface area contributed by atoms with E-state index in [1.165, 1.54) is 5.56 Å². The third kappa shape index (κ3) is 8.74. The van der Waals surface area contributed by atoms with Crippen molar-refractivity contribution in [2.45, 2.75) is 65.6 Å². The van der Waals surface area contributed by atoms with Crippen LogP contribution in [0.2, 0.25) is 0 Å². The monoisotopic (exact) mass is 488 g/mol. The van der Waals surface area contributed by atoms with Gasteiger partial charge in [0.1, 0.15) is 11.8 Å². The molecule has 2 amide bonds. The molecule has 0 aromatic heterocycles. The Kier molecular flexibility index (Phi) is 9.11. The second-order valence-corrected chi connectivity index (χ2v) is 9.74. The highest BCUT2D eigenvalue weighted by molar-refractivity contribution is 9.10. The van der Waals surface area contributed by atoms with Crippen LogP contribution in [-0.4, -0.2) is 34.9 Å². The number of nitrogens with zero attached hydrogens (tertiary/aromatic N) is 1. The average Bonchev–Trinajstić information content (AvgIpc) is 2.70. The topological polar surface area (TPSA) is 58.6 Å². The van der Waals surface area contributed by atoms with Gasteiger partial charge in [-0.25, -0.2) is 0 Å². The van der Waals surface area contributed by atoms with Crippen LogP contribution in [0.25, 0.3) is 0 Å². The summed E-state index contributed by atoms with van der Waals surface area (Å²) < 4.78 is 6.71. The van der Waals surface area contributed by atoms with Crippen LogP contribution in [0, 0.1) is 6.92 Å². The maximum absolute atomic E-state index is 13.1.